The number of rotatable bonds is 5. The van der Waals surface area contributed by atoms with Crippen LogP contribution in [0.1, 0.15) is 19.8 Å². The van der Waals surface area contributed by atoms with Gasteiger partial charge in [-0.15, -0.1) is 0 Å². The van der Waals surface area contributed by atoms with Crippen molar-refractivity contribution in [3.63, 3.8) is 0 Å². The van der Waals surface area contributed by atoms with Gasteiger partial charge >= 0.3 is 0 Å². The van der Waals surface area contributed by atoms with Crippen molar-refractivity contribution >= 4 is 22.7 Å². The van der Waals surface area contributed by atoms with Crippen LogP contribution in [0.4, 0.5) is 11.6 Å². The Morgan fingerprint density at radius 3 is 3.12 bits per heavy atom. The molecule has 5 nitrogen and oxygen atoms in total. The molecule has 5 heteroatoms. The van der Waals surface area contributed by atoms with Crippen LogP contribution in [-0.4, -0.2) is 27.7 Å². The zero-order valence-corrected chi connectivity index (χ0v) is 9.90. The fourth-order valence-corrected chi connectivity index (χ4v) is 1.76. The van der Waals surface area contributed by atoms with Gasteiger partial charge in [0, 0.05) is 12.2 Å². The fraction of sp³-hybridized carbons (Fsp3) is 0.417. The van der Waals surface area contributed by atoms with Gasteiger partial charge in [-0.2, -0.15) is 0 Å². The van der Waals surface area contributed by atoms with Crippen LogP contribution in [0.5, 0.6) is 0 Å². The van der Waals surface area contributed by atoms with Crippen molar-refractivity contribution in [2.24, 2.45) is 0 Å². The molecule has 0 amide bonds. The second kappa shape index (κ2) is 5.05. The largest absolute Gasteiger partial charge is 0.399 e. The Kier molecular flexibility index (Phi) is 3.49. The van der Waals surface area contributed by atoms with E-state index in [1.54, 1.807) is 0 Å². The second-order valence-corrected chi connectivity index (χ2v) is 4.19. The van der Waals surface area contributed by atoms with Crippen molar-refractivity contribution in [1.82, 2.24) is 9.97 Å². The minimum atomic E-state index is -0.335. The summed E-state index contributed by atoms with van der Waals surface area (Å²) in [4.78, 5) is 7.47. The molecule has 1 unspecified atom stereocenters. The third kappa shape index (κ3) is 2.88. The molecule has 1 heterocycles. The molecule has 0 radical (unpaired) electrons. The zero-order valence-electron chi connectivity index (χ0n) is 9.90. The van der Waals surface area contributed by atoms with Gasteiger partial charge in [0.2, 0.25) is 5.95 Å². The Labute approximate surface area is 100 Å². The molecule has 0 aliphatic heterocycles. The van der Waals surface area contributed by atoms with E-state index in [1.807, 2.05) is 25.1 Å². The third-order valence-electron chi connectivity index (χ3n) is 2.63. The predicted octanol–water partition coefficient (Wildman–Crippen LogP) is 1.72. The number of imidazole rings is 1. The van der Waals surface area contributed by atoms with Crippen LogP contribution in [0, 0.1) is 0 Å². The van der Waals surface area contributed by atoms with Gasteiger partial charge < -0.3 is 21.1 Å². The molecule has 0 saturated heterocycles. The van der Waals surface area contributed by atoms with Gasteiger partial charge in [-0.1, -0.05) is 13.3 Å². The summed E-state index contributed by atoms with van der Waals surface area (Å²) in [5.41, 5.74) is 8.16. The van der Waals surface area contributed by atoms with Crippen LogP contribution in [0.2, 0.25) is 0 Å². The molecule has 1 aromatic heterocycles. The van der Waals surface area contributed by atoms with Gasteiger partial charge in [0.15, 0.2) is 0 Å². The monoisotopic (exact) mass is 234 g/mol. The maximum Gasteiger partial charge on any atom is 0.201 e. The lowest BCUT2D eigenvalue weighted by Gasteiger charge is -2.09. The summed E-state index contributed by atoms with van der Waals surface area (Å²) in [7, 11) is 0. The molecule has 0 aliphatic rings. The van der Waals surface area contributed by atoms with E-state index in [9.17, 15) is 5.11 Å². The molecule has 1 aromatic carbocycles. The molecule has 5 N–H and O–H groups in total. The maximum atomic E-state index is 9.61. The van der Waals surface area contributed by atoms with Crippen LogP contribution in [0.3, 0.4) is 0 Å². The zero-order chi connectivity index (χ0) is 12.3. The molecule has 0 aliphatic carbocycles. The highest BCUT2D eigenvalue weighted by atomic mass is 16.3. The summed E-state index contributed by atoms with van der Waals surface area (Å²) >= 11 is 0. The van der Waals surface area contributed by atoms with E-state index in [0.717, 1.165) is 23.9 Å². The van der Waals surface area contributed by atoms with Crippen molar-refractivity contribution in [2.75, 3.05) is 17.6 Å². The number of aliphatic hydroxyl groups excluding tert-OH is 1. The summed E-state index contributed by atoms with van der Waals surface area (Å²) in [6.45, 7) is 2.55. The molecular weight excluding hydrogens is 216 g/mol. The van der Waals surface area contributed by atoms with Gasteiger partial charge in [-0.25, -0.2) is 4.98 Å². The number of aromatic amines is 1. The van der Waals surface area contributed by atoms with Gasteiger partial charge in [-0.3, -0.25) is 0 Å². The number of nitrogen functional groups attached to an aromatic ring is 1. The Morgan fingerprint density at radius 2 is 2.35 bits per heavy atom. The Bertz CT molecular complexity index is 494. The van der Waals surface area contributed by atoms with Crippen LogP contribution in [0.25, 0.3) is 11.0 Å². The first-order valence-corrected chi connectivity index (χ1v) is 5.86. The Morgan fingerprint density at radius 1 is 1.53 bits per heavy atom. The molecule has 92 valence electrons. The molecule has 2 rings (SSSR count). The van der Waals surface area contributed by atoms with Crippen molar-refractivity contribution in [1.29, 1.82) is 0 Å². The maximum absolute atomic E-state index is 9.61. The molecule has 0 spiro atoms. The number of hydrogen-bond donors (Lipinski definition) is 4. The minimum Gasteiger partial charge on any atom is -0.399 e. The number of nitrogens with one attached hydrogen (secondary N) is 2. The molecule has 0 bridgehead atoms. The lowest BCUT2D eigenvalue weighted by molar-refractivity contribution is 0.176. The molecular formula is C12H18N4O. The van der Waals surface area contributed by atoms with E-state index in [-0.39, 0.29) is 6.10 Å². The molecule has 0 fully saturated rings. The molecule has 17 heavy (non-hydrogen) atoms. The van der Waals surface area contributed by atoms with E-state index in [2.05, 4.69) is 15.3 Å². The number of aliphatic hydroxyl groups is 1. The number of hydrogen-bond acceptors (Lipinski definition) is 4. The number of anilines is 2. The summed E-state index contributed by atoms with van der Waals surface area (Å²) in [5, 5.41) is 12.7. The van der Waals surface area contributed by atoms with Gasteiger partial charge in [0.05, 0.1) is 17.1 Å². The third-order valence-corrected chi connectivity index (χ3v) is 2.63. The molecule has 0 saturated carbocycles. The lowest BCUT2D eigenvalue weighted by Crippen LogP contribution is -2.19. The molecule has 1 atom stereocenters. The van der Waals surface area contributed by atoms with E-state index in [4.69, 9.17) is 5.73 Å². The normalized spacial score (nSPS) is 12.8. The lowest BCUT2D eigenvalue weighted by atomic mass is 10.2. The van der Waals surface area contributed by atoms with Crippen molar-refractivity contribution in [3.05, 3.63) is 18.2 Å². The van der Waals surface area contributed by atoms with E-state index < -0.39 is 0 Å². The van der Waals surface area contributed by atoms with Crippen LogP contribution < -0.4 is 11.1 Å². The molecule has 2 aromatic rings. The highest BCUT2D eigenvalue weighted by molar-refractivity contribution is 5.80. The van der Waals surface area contributed by atoms with E-state index in [0.29, 0.717) is 18.2 Å². The average molecular weight is 234 g/mol. The first-order valence-electron chi connectivity index (χ1n) is 5.86. The van der Waals surface area contributed by atoms with Crippen LogP contribution >= 0.6 is 0 Å². The smallest absolute Gasteiger partial charge is 0.201 e. The van der Waals surface area contributed by atoms with Crippen LogP contribution in [0.15, 0.2) is 18.2 Å². The van der Waals surface area contributed by atoms with Gasteiger partial charge in [-0.05, 0) is 24.6 Å². The number of aromatic nitrogens is 2. The van der Waals surface area contributed by atoms with Crippen molar-refractivity contribution < 1.29 is 5.11 Å². The highest BCUT2D eigenvalue weighted by Gasteiger charge is 2.05. The average Bonchev–Trinajstić information content (AvgIpc) is 2.68. The quantitative estimate of drug-likeness (QED) is 0.593. The van der Waals surface area contributed by atoms with Crippen molar-refractivity contribution in [3.8, 4) is 0 Å². The highest BCUT2D eigenvalue weighted by Crippen LogP contribution is 2.17. The summed E-state index contributed by atoms with van der Waals surface area (Å²) in [5.74, 6) is 0.667. The number of nitrogens with two attached hydrogens (primary N) is 1. The van der Waals surface area contributed by atoms with Crippen molar-refractivity contribution in [2.45, 2.75) is 25.9 Å². The van der Waals surface area contributed by atoms with E-state index in [1.165, 1.54) is 0 Å². The fourth-order valence-electron chi connectivity index (χ4n) is 1.76. The Hall–Kier alpha value is -1.75. The summed E-state index contributed by atoms with van der Waals surface area (Å²) in [6.07, 6.45) is 1.43. The second-order valence-electron chi connectivity index (χ2n) is 4.19. The number of H-pyrrole nitrogens is 1. The minimum absolute atomic E-state index is 0.335. The van der Waals surface area contributed by atoms with Crippen LogP contribution in [-0.2, 0) is 0 Å². The number of fused-ring (bicyclic) bond motifs is 1. The first-order chi connectivity index (χ1) is 8.19. The summed E-state index contributed by atoms with van der Waals surface area (Å²) < 4.78 is 0. The standard InChI is InChI=1S/C12H18N4O/c1-2-3-9(17)7-14-12-15-10-5-4-8(13)6-11(10)16-12/h4-6,9,17H,2-3,7,13H2,1H3,(H2,14,15,16). The summed E-state index contributed by atoms with van der Waals surface area (Å²) in [6, 6.07) is 5.53. The SMILES string of the molecule is CCCC(O)CNc1nc2ccc(N)cc2[nH]1. The topological polar surface area (TPSA) is 87.0 Å². The van der Waals surface area contributed by atoms with Gasteiger partial charge in [0.1, 0.15) is 0 Å². The number of nitrogens with zero attached hydrogens (tertiary/aromatic N) is 1. The van der Waals surface area contributed by atoms with Gasteiger partial charge in [0.25, 0.3) is 0 Å². The Balaban J connectivity index is 2.04. The number of benzene rings is 1. The van der Waals surface area contributed by atoms with E-state index >= 15 is 0 Å². The predicted molar refractivity (Wildman–Crippen MR) is 69.9 cm³/mol. The first kappa shape index (κ1) is 11.7.